The van der Waals surface area contributed by atoms with Crippen LogP contribution in [0.3, 0.4) is 0 Å². The van der Waals surface area contributed by atoms with Gasteiger partial charge >= 0.3 is 0 Å². The van der Waals surface area contributed by atoms with E-state index in [1.54, 1.807) is 6.07 Å². The van der Waals surface area contributed by atoms with Gasteiger partial charge < -0.3 is 5.73 Å². The van der Waals surface area contributed by atoms with E-state index in [9.17, 15) is 0 Å². The SMILES string of the molecule is Clc1ccc(Br)c(-c2ccc(-c3nc(-c4ccccc4)nc(-c4ccccc4)n3)cc2)c1.Nc1ccc(Cl)cc1-c1ccc(-c2nc(-c3ccccc3)nc(-c3ccccc3)n2)cc1. The molecule has 0 saturated carbocycles. The largest absolute Gasteiger partial charge is 0.398 e. The molecule has 7 nitrogen and oxygen atoms in total. The lowest BCUT2D eigenvalue weighted by atomic mass is 10.0. The minimum Gasteiger partial charge on any atom is -0.398 e. The summed E-state index contributed by atoms with van der Waals surface area (Å²) in [5, 5.41) is 1.35. The summed E-state index contributed by atoms with van der Waals surface area (Å²) in [6.07, 6.45) is 0. The molecule has 10 aromatic rings. The van der Waals surface area contributed by atoms with Gasteiger partial charge in [-0.25, -0.2) is 29.9 Å². The van der Waals surface area contributed by atoms with Gasteiger partial charge in [-0.15, -0.1) is 0 Å². The van der Waals surface area contributed by atoms with Gasteiger partial charge in [-0.1, -0.05) is 209 Å². The van der Waals surface area contributed by atoms with Crippen molar-refractivity contribution in [2.45, 2.75) is 0 Å². The van der Waals surface area contributed by atoms with Gasteiger partial charge in [0, 0.05) is 59.1 Å². The second kappa shape index (κ2) is 19.4. The number of anilines is 1. The maximum absolute atomic E-state index is 6.20. The van der Waals surface area contributed by atoms with E-state index in [0.717, 1.165) is 60.1 Å². The molecule has 0 saturated heterocycles. The molecule has 64 heavy (non-hydrogen) atoms. The predicted molar refractivity (Wildman–Crippen MR) is 265 cm³/mol. The summed E-state index contributed by atoms with van der Waals surface area (Å²) in [7, 11) is 0. The number of rotatable bonds is 8. The van der Waals surface area contributed by atoms with Crippen LogP contribution in [-0.4, -0.2) is 29.9 Å². The van der Waals surface area contributed by atoms with Crippen molar-refractivity contribution in [3.63, 3.8) is 0 Å². The maximum atomic E-state index is 6.20. The predicted octanol–water partition coefficient (Wildman–Crippen LogP) is 14.7. The number of hydrogen-bond donors (Lipinski definition) is 1. The summed E-state index contributed by atoms with van der Waals surface area (Å²) in [4.78, 5) is 28.6. The summed E-state index contributed by atoms with van der Waals surface area (Å²) in [5.41, 5.74) is 16.4. The van der Waals surface area contributed by atoms with E-state index < -0.39 is 0 Å². The maximum Gasteiger partial charge on any atom is 0.164 e. The van der Waals surface area contributed by atoms with Crippen molar-refractivity contribution in [3.8, 4) is 90.6 Å². The lowest BCUT2D eigenvalue weighted by Gasteiger charge is -2.10. The van der Waals surface area contributed by atoms with Crippen LogP contribution in [-0.2, 0) is 0 Å². The van der Waals surface area contributed by atoms with Gasteiger partial charge in [0.25, 0.3) is 0 Å². The van der Waals surface area contributed by atoms with Crippen molar-refractivity contribution in [3.05, 3.63) is 221 Å². The number of nitrogen functional groups attached to an aromatic ring is 1. The highest BCUT2D eigenvalue weighted by Crippen LogP contribution is 2.34. The molecule has 0 fully saturated rings. The van der Waals surface area contributed by atoms with Crippen molar-refractivity contribution in [2.75, 3.05) is 5.73 Å². The summed E-state index contributed by atoms with van der Waals surface area (Å²) < 4.78 is 0.993. The number of nitrogens with two attached hydrogens (primary N) is 1. The molecule has 0 radical (unpaired) electrons. The van der Waals surface area contributed by atoms with Crippen LogP contribution in [0.1, 0.15) is 0 Å². The molecule has 2 heterocycles. The second-order valence-corrected chi connectivity index (χ2v) is 16.3. The van der Waals surface area contributed by atoms with Gasteiger partial charge in [-0.05, 0) is 53.1 Å². The Hall–Kier alpha value is -7.36. The van der Waals surface area contributed by atoms with E-state index in [1.807, 2.05) is 188 Å². The summed E-state index contributed by atoms with van der Waals surface area (Å²) in [5.74, 6) is 3.82. The number of benzene rings is 8. The van der Waals surface area contributed by atoms with Crippen LogP contribution in [0.15, 0.2) is 211 Å². The third kappa shape index (κ3) is 9.80. The highest BCUT2D eigenvalue weighted by atomic mass is 79.9. The van der Waals surface area contributed by atoms with Gasteiger partial charge in [-0.3, -0.25) is 0 Å². The summed E-state index contributed by atoms with van der Waals surface area (Å²) in [6, 6.07) is 67.2. The lowest BCUT2D eigenvalue weighted by molar-refractivity contribution is 1.07. The first kappa shape index (κ1) is 42.0. The Labute approximate surface area is 389 Å². The molecule has 2 aromatic heterocycles. The first-order valence-corrected chi connectivity index (χ1v) is 21.8. The molecule has 0 unspecified atom stereocenters. The molecule has 0 aliphatic carbocycles. The molecule has 0 bridgehead atoms. The topological polar surface area (TPSA) is 103 Å². The molecule has 0 spiro atoms. The third-order valence-corrected chi connectivity index (χ3v) is 11.4. The average Bonchev–Trinajstić information content (AvgIpc) is 3.36. The van der Waals surface area contributed by atoms with Crippen molar-refractivity contribution >= 4 is 44.8 Å². The van der Waals surface area contributed by atoms with E-state index in [4.69, 9.17) is 58.8 Å². The minimum absolute atomic E-state index is 0.614. The summed E-state index contributed by atoms with van der Waals surface area (Å²) >= 11 is 16.0. The first-order valence-electron chi connectivity index (χ1n) is 20.3. The van der Waals surface area contributed by atoms with Gasteiger partial charge in [0.15, 0.2) is 34.9 Å². The Kier molecular flexibility index (Phi) is 12.7. The number of aromatic nitrogens is 6. The highest BCUT2D eigenvalue weighted by Gasteiger charge is 2.15. The van der Waals surface area contributed by atoms with Crippen molar-refractivity contribution in [1.29, 1.82) is 0 Å². The van der Waals surface area contributed by atoms with Crippen LogP contribution >= 0.6 is 39.1 Å². The number of nitrogens with zero attached hydrogens (tertiary/aromatic N) is 6. The Morgan fingerprint density at radius 2 is 0.562 bits per heavy atom. The molecule has 0 amide bonds. The van der Waals surface area contributed by atoms with Crippen LogP contribution in [0.25, 0.3) is 90.6 Å². The van der Waals surface area contributed by atoms with Gasteiger partial charge in [-0.2, -0.15) is 0 Å². The fraction of sp³-hybridized carbons (Fsp3) is 0. The normalized spacial score (nSPS) is 10.8. The van der Waals surface area contributed by atoms with E-state index in [1.165, 1.54) is 0 Å². The van der Waals surface area contributed by atoms with Crippen LogP contribution in [0.4, 0.5) is 5.69 Å². The minimum atomic E-state index is 0.614. The number of halogens is 3. The zero-order valence-corrected chi connectivity index (χ0v) is 37.1. The quantitative estimate of drug-likeness (QED) is 0.151. The van der Waals surface area contributed by atoms with Crippen LogP contribution < -0.4 is 5.73 Å². The molecule has 308 valence electrons. The standard InChI is InChI=1S/C27H17BrClN3.C27H19ClN4/c28-24-16-15-22(29)17-23(24)18-11-13-21(14-12-18)27-31-25(19-7-3-1-4-8-19)30-26(32-27)20-9-5-2-6-10-20;28-22-15-16-24(29)23(17-22)18-11-13-21(14-12-18)27-31-25(19-7-3-1-4-8-19)30-26(32-27)20-9-5-2-6-10-20/h1-17H;1-17H,29H2. The number of hydrogen-bond acceptors (Lipinski definition) is 7. The zero-order chi connectivity index (χ0) is 43.8. The van der Waals surface area contributed by atoms with Crippen molar-refractivity contribution in [2.24, 2.45) is 0 Å². The lowest BCUT2D eigenvalue weighted by Crippen LogP contribution is -2.00. The third-order valence-electron chi connectivity index (χ3n) is 10.3. The molecule has 2 N–H and O–H groups in total. The van der Waals surface area contributed by atoms with E-state index >= 15 is 0 Å². The Balaban J connectivity index is 0.000000162. The van der Waals surface area contributed by atoms with Crippen LogP contribution in [0.2, 0.25) is 10.0 Å². The molecule has 0 aliphatic heterocycles. The van der Waals surface area contributed by atoms with Crippen LogP contribution in [0, 0.1) is 0 Å². The molecule has 0 aliphatic rings. The monoisotopic (exact) mass is 931 g/mol. The molecule has 0 atom stereocenters. The van der Waals surface area contributed by atoms with Gasteiger partial charge in [0.2, 0.25) is 0 Å². The Morgan fingerprint density at radius 1 is 0.297 bits per heavy atom. The van der Waals surface area contributed by atoms with Crippen molar-refractivity contribution in [1.82, 2.24) is 29.9 Å². The Morgan fingerprint density at radius 3 is 0.906 bits per heavy atom. The van der Waals surface area contributed by atoms with Gasteiger partial charge in [0.05, 0.1) is 0 Å². The van der Waals surface area contributed by atoms with E-state index in [0.29, 0.717) is 50.7 Å². The van der Waals surface area contributed by atoms with E-state index in [-0.39, 0.29) is 0 Å². The molecule has 10 heteroatoms. The molecular formula is C54H36BrCl2N7. The highest BCUT2D eigenvalue weighted by molar-refractivity contribution is 9.10. The van der Waals surface area contributed by atoms with Crippen molar-refractivity contribution < 1.29 is 0 Å². The molecule has 10 rings (SSSR count). The second-order valence-electron chi connectivity index (χ2n) is 14.6. The molecular weight excluding hydrogens is 897 g/mol. The van der Waals surface area contributed by atoms with Crippen LogP contribution in [0.5, 0.6) is 0 Å². The molecule has 8 aromatic carbocycles. The Bertz CT molecular complexity index is 2840. The van der Waals surface area contributed by atoms with Gasteiger partial charge in [0.1, 0.15) is 0 Å². The zero-order valence-electron chi connectivity index (χ0n) is 34.0. The smallest absolute Gasteiger partial charge is 0.164 e. The fourth-order valence-electron chi connectivity index (χ4n) is 6.97. The fourth-order valence-corrected chi connectivity index (χ4v) is 7.79. The average molecular weight is 934 g/mol. The first-order chi connectivity index (χ1) is 31.3. The summed E-state index contributed by atoms with van der Waals surface area (Å²) in [6.45, 7) is 0. The van der Waals surface area contributed by atoms with E-state index in [2.05, 4.69) is 28.1 Å².